The number of likely N-dealkylation sites (tertiary alicyclic amines) is 1. The fraction of sp³-hybridized carbons (Fsp3) is 0.450. The number of fused-ring (bicyclic) bond motifs is 1. The second kappa shape index (κ2) is 7.95. The summed E-state index contributed by atoms with van der Waals surface area (Å²) in [6.45, 7) is 2.14. The van der Waals surface area contributed by atoms with Gasteiger partial charge in [-0.05, 0) is 35.6 Å². The Morgan fingerprint density at radius 2 is 2.04 bits per heavy atom. The molecule has 3 rings (SSSR count). The van der Waals surface area contributed by atoms with Crippen LogP contribution in [0.5, 0.6) is 5.75 Å². The van der Waals surface area contributed by atoms with Gasteiger partial charge in [-0.15, -0.1) is 0 Å². The van der Waals surface area contributed by atoms with Gasteiger partial charge >= 0.3 is 12.0 Å². The topological polar surface area (TPSA) is 49.8 Å². The first-order chi connectivity index (χ1) is 13.2. The minimum absolute atomic E-state index is 0.115. The van der Waals surface area contributed by atoms with Crippen LogP contribution in [0.3, 0.4) is 0 Å². The van der Waals surface area contributed by atoms with E-state index in [1.165, 1.54) is 0 Å². The van der Waals surface area contributed by atoms with Gasteiger partial charge < -0.3 is 9.84 Å². The molecule has 1 atom stereocenters. The minimum Gasteiger partial charge on any atom is -0.493 e. The third kappa shape index (κ3) is 4.38. The maximum atomic E-state index is 13.9. The van der Waals surface area contributed by atoms with Crippen molar-refractivity contribution in [3.63, 3.8) is 0 Å². The van der Waals surface area contributed by atoms with E-state index in [9.17, 15) is 22.4 Å². The van der Waals surface area contributed by atoms with Gasteiger partial charge in [-0.2, -0.15) is 8.78 Å². The molecule has 0 amide bonds. The standard InChI is InChI=1S/C20H21F4NO3/c1-12-6-14-8-16(28-5-4-17(21)18(22)23)3-2-13(14)7-15(12)9-25-10-20(24,11-25)19(26)27/h2-3,7-8,12H,4-6,9-11H2,1H3,(H,26,27)/t12-/m1/s1. The number of carboxylic acids is 1. The maximum Gasteiger partial charge on any atom is 0.344 e. The van der Waals surface area contributed by atoms with E-state index >= 15 is 0 Å². The van der Waals surface area contributed by atoms with Crippen LogP contribution >= 0.6 is 0 Å². The van der Waals surface area contributed by atoms with Crippen molar-refractivity contribution in [1.82, 2.24) is 4.90 Å². The van der Waals surface area contributed by atoms with Crippen molar-refractivity contribution in [3.8, 4) is 5.75 Å². The number of carbonyl (C=O) groups is 1. The first-order valence-corrected chi connectivity index (χ1v) is 8.98. The molecule has 0 radical (unpaired) electrons. The first kappa shape index (κ1) is 20.4. The molecule has 4 nitrogen and oxygen atoms in total. The summed E-state index contributed by atoms with van der Waals surface area (Å²) in [7, 11) is 0. The molecule has 1 aromatic rings. The molecule has 0 spiro atoms. The van der Waals surface area contributed by atoms with Crippen LogP contribution in [-0.4, -0.2) is 47.9 Å². The molecule has 1 saturated heterocycles. The van der Waals surface area contributed by atoms with Gasteiger partial charge in [-0.25, -0.2) is 13.6 Å². The van der Waals surface area contributed by atoms with E-state index in [4.69, 9.17) is 9.84 Å². The molecule has 0 unspecified atom stereocenters. The highest BCUT2D eigenvalue weighted by molar-refractivity contribution is 5.79. The number of carboxylic acid groups (broad SMARTS) is 1. The molecule has 1 fully saturated rings. The van der Waals surface area contributed by atoms with Crippen LogP contribution in [-0.2, 0) is 11.2 Å². The van der Waals surface area contributed by atoms with Crippen molar-refractivity contribution >= 4 is 12.0 Å². The van der Waals surface area contributed by atoms with Crippen LogP contribution in [0.15, 0.2) is 35.7 Å². The molecule has 152 valence electrons. The molecule has 1 N–H and O–H groups in total. The molecule has 1 aromatic carbocycles. The van der Waals surface area contributed by atoms with Crippen LogP contribution in [0.1, 0.15) is 24.5 Å². The van der Waals surface area contributed by atoms with E-state index in [2.05, 4.69) is 0 Å². The number of rotatable bonds is 7. The molecular formula is C20H21F4NO3. The van der Waals surface area contributed by atoms with Crippen molar-refractivity contribution in [2.45, 2.75) is 25.4 Å². The first-order valence-electron chi connectivity index (χ1n) is 8.98. The molecule has 0 saturated carbocycles. The third-order valence-corrected chi connectivity index (χ3v) is 5.15. The summed E-state index contributed by atoms with van der Waals surface area (Å²) in [5.74, 6) is -2.22. The monoisotopic (exact) mass is 399 g/mol. The summed E-state index contributed by atoms with van der Waals surface area (Å²) in [5.41, 5.74) is 0.948. The van der Waals surface area contributed by atoms with Crippen molar-refractivity contribution in [2.75, 3.05) is 26.2 Å². The fourth-order valence-corrected chi connectivity index (χ4v) is 3.51. The van der Waals surface area contributed by atoms with Gasteiger partial charge in [0.25, 0.3) is 0 Å². The number of halogens is 4. The Labute approximate surface area is 160 Å². The van der Waals surface area contributed by atoms with Gasteiger partial charge in [0.15, 0.2) is 5.83 Å². The average molecular weight is 399 g/mol. The molecule has 1 aliphatic heterocycles. The Kier molecular flexibility index (Phi) is 5.79. The predicted octanol–water partition coefficient (Wildman–Crippen LogP) is 4.22. The van der Waals surface area contributed by atoms with E-state index in [1.807, 2.05) is 25.1 Å². The second-order valence-corrected chi connectivity index (χ2v) is 7.36. The average Bonchev–Trinajstić information content (AvgIpc) is 2.60. The maximum absolute atomic E-state index is 13.9. The number of nitrogens with zero attached hydrogens (tertiary/aromatic N) is 1. The molecule has 0 bridgehead atoms. The molecule has 2 aliphatic rings. The summed E-state index contributed by atoms with van der Waals surface area (Å²) in [4.78, 5) is 12.6. The Balaban J connectivity index is 1.61. The van der Waals surface area contributed by atoms with Gasteiger partial charge in [-0.3, -0.25) is 4.90 Å². The second-order valence-electron chi connectivity index (χ2n) is 7.36. The summed E-state index contributed by atoms with van der Waals surface area (Å²) >= 11 is 0. The number of ether oxygens (including phenoxy) is 1. The largest absolute Gasteiger partial charge is 0.493 e. The zero-order valence-electron chi connectivity index (χ0n) is 15.4. The minimum atomic E-state index is -2.32. The van der Waals surface area contributed by atoms with Gasteiger partial charge in [0.2, 0.25) is 5.67 Å². The summed E-state index contributed by atoms with van der Waals surface area (Å²) < 4.78 is 56.1. The van der Waals surface area contributed by atoms with E-state index in [1.54, 1.807) is 11.0 Å². The van der Waals surface area contributed by atoms with Crippen LogP contribution in [0.4, 0.5) is 17.6 Å². The van der Waals surface area contributed by atoms with Gasteiger partial charge in [0, 0.05) is 26.1 Å². The van der Waals surface area contributed by atoms with E-state index in [0.717, 1.165) is 23.1 Å². The Bertz CT molecular complexity index is 827. The molecule has 8 heteroatoms. The molecule has 0 aromatic heterocycles. The van der Waals surface area contributed by atoms with Crippen LogP contribution < -0.4 is 4.74 Å². The molecule has 1 heterocycles. The Morgan fingerprint density at radius 3 is 2.68 bits per heavy atom. The fourth-order valence-electron chi connectivity index (χ4n) is 3.51. The van der Waals surface area contributed by atoms with Crippen LogP contribution in [0.2, 0.25) is 0 Å². The van der Waals surface area contributed by atoms with Crippen molar-refractivity contribution in [2.24, 2.45) is 5.92 Å². The highest BCUT2D eigenvalue weighted by Crippen LogP contribution is 2.34. The van der Waals surface area contributed by atoms with E-state index in [-0.39, 0.29) is 25.6 Å². The highest BCUT2D eigenvalue weighted by Gasteiger charge is 2.50. The van der Waals surface area contributed by atoms with E-state index < -0.39 is 30.0 Å². The number of hydrogen-bond acceptors (Lipinski definition) is 3. The van der Waals surface area contributed by atoms with Gasteiger partial charge in [0.05, 0.1) is 6.61 Å². The molecule has 28 heavy (non-hydrogen) atoms. The van der Waals surface area contributed by atoms with Crippen molar-refractivity contribution in [1.29, 1.82) is 0 Å². The number of benzene rings is 1. The lowest BCUT2D eigenvalue weighted by atomic mass is 9.83. The number of alkyl halides is 1. The highest BCUT2D eigenvalue weighted by atomic mass is 19.3. The van der Waals surface area contributed by atoms with E-state index in [0.29, 0.717) is 12.3 Å². The van der Waals surface area contributed by atoms with Gasteiger partial charge in [-0.1, -0.05) is 24.6 Å². The van der Waals surface area contributed by atoms with Crippen LogP contribution in [0, 0.1) is 5.92 Å². The lowest BCUT2D eigenvalue weighted by Crippen LogP contribution is -2.63. The third-order valence-electron chi connectivity index (χ3n) is 5.15. The summed E-state index contributed by atoms with van der Waals surface area (Å²) in [6.07, 6.45) is -0.0785. The van der Waals surface area contributed by atoms with Crippen molar-refractivity contribution in [3.05, 3.63) is 46.8 Å². The Morgan fingerprint density at radius 1 is 1.32 bits per heavy atom. The smallest absolute Gasteiger partial charge is 0.344 e. The number of aliphatic carboxylic acids is 1. The zero-order chi connectivity index (χ0) is 20.5. The SMILES string of the molecule is C[C@@H]1Cc2cc(OCCC(F)=C(F)F)ccc2C=C1CN1CC(F)(C(=O)O)C1. The van der Waals surface area contributed by atoms with Crippen molar-refractivity contribution < 1.29 is 32.2 Å². The molecular weight excluding hydrogens is 378 g/mol. The summed E-state index contributed by atoms with van der Waals surface area (Å²) in [6, 6.07) is 5.34. The normalized spacial score (nSPS) is 20.6. The molecule has 1 aliphatic carbocycles. The predicted molar refractivity (Wildman–Crippen MR) is 95.7 cm³/mol. The Hall–Kier alpha value is -2.35. The quantitative estimate of drug-likeness (QED) is 0.698. The summed E-state index contributed by atoms with van der Waals surface area (Å²) in [5, 5.41) is 8.85. The number of hydrogen-bond donors (Lipinski definition) is 1. The lowest BCUT2D eigenvalue weighted by Gasteiger charge is -2.42. The van der Waals surface area contributed by atoms with Crippen LogP contribution in [0.25, 0.3) is 6.08 Å². The van der Waals surface area contributed by atoms with Gasteiger partial charge in [0.1, 0.15) is 5.75 Å². The zero-order valence-corrected chi connectivity index (χ0v) is 15.4. The lowest BCUT2D eigenvalue weighted by molar-refractivity contribution is -0.163.